The van der Waals surface area contributed by atoms with Crippen molar-refractivity contribution in [2.75, 3.05) is 5.75 Å². The maximum Gasteiger partial charge on any atom is 0.242 e. The van der Waals surface area contributed by atoms with Crippen LogP contribution in [0.4, 0.5) is 0 Å². The molecule has 2 aromatic rings. The average molecular weight is 399 g/mol. The number of amides is 2. The highest BCUT2D eigenvalue weighted by molar-refractivity contribution is 7.99. The molecule has 5 heteroatoms. The molecule has 1 N–H and O–H groups in total. The van der Waals surface area contributed by atoms with E-state index in [-0.39, 0.29) is 17.9 Å². The number of benzene rings is 2. The summed E-state index contributed by atoms with van der Waals surface area (Å²) in [6.45, 7) is 8.10. The molecule has 0 aliphatic rings. The van der Waals surface area contributed by atoms with Crippen LogP contribution in [-0.4, -0.2) is 34.6 Å². The van der Waals surface area contributed by atoms with Crippen LogP contribution in [0.25, 0.3) is 0 Å². The fourth-order valence-corrected chi connectivity index (χ4v) is 3.78. The molecule has 0 saturated heterocycles. The molecule has 2 aromatic carbocycles. The van der Waals surface area contributed by atoms with E-state index in [1.807, 2.05) is 57.2 Å². The van der Waals surface area contributed by atoms with Crippen LogP contribution in [0.15, 0.2) is 54.6 Å². The molecule has 0 spiro atoms. The van der Waals surface area contributed by atoms with Crippen LogP contribution in [0.2, 0.25) is 0 Å². The molecule has 0 saturated carbocycles. The molecule has 28 heavy (non-hydrogen) atoms. The monoisotopic (exact) mass is 398 g/mol. The van der Waals surface area contributed by atoms with Gasteiger partial charge in [-0.1, -0.05) is 60.2 Å². The van der Waals surface area contributed by atoms with Crippen LogP contribution in [0.5, 0.6) is 0 Å². The van der Waals surface area contributed by atoms with Gasteiger partial charge < -0.3 is 10.2 Å². The molecule has 0 aliphatic carbocycles. The molecule has 0 bridgehead atoms. The van der Waals surface area contributed by atoms with Crippen molar-refractivity contribution in [3.63, 3.8) is 0 Å². The Hall–Kier alpha value is -2.27. The number of nitrogens with zero attached hydrogens (tertiary/aromatic N) is 1. The summed E-state index contributed by atoms with van der Waals surface area (Å²) < 4.78 is 0. The number of carbonyl (C=O) groups is 2. The first-order valence-electron chi connectivity index (χ1n) is 9.64. The van der Waals surface area contributed by atoms with Crippen molar-refractivity contribution < 1.29 is 9.59 Å². The minimum Gasteiger partial charge on any atom is -0.352 e. The Labute approximate surface area is 172 Å². The molecule has 0 unspecified atom stereocenters. The lowest BCUT2D eigenvalue weighted by Crippen LogP contribution is -2.49. The Morgan fingerprint density at radius 1 is 1.00 bits per heavy atom. The maximum atomic E-state index is 13.0. The van der Waals surface area contributed by atoms with Crippen molar-refractivity contribution in [3.8, 4) is 0 Å². The standard InChI is InChI=1S/C23H30N2O2S/c1-17(2)24-23(27)19(4)25(14-21-12-8-9-18(3)13-21)22(26)16-28-15-20-10-6-5-7-11-20/h5-13,17,19H,14-16H2,1-4H3,(H,24,27)/t19-/m0/s1. The molecule has 2 rings (SSSR count). The van der Waals surface area contributed by atoms with Crippen molar-refractivity contribution in [1.29, 1.82) is 0 Å². The molecular formula is C23H30N2O2S. The Kier molecular flexibility index (Phi) is 8.58. The van der Waals surface area contributed by atoms with E-state index in [0.29, 0.717) is 12.3 Å². The van der Waals surface area contributed by atoms with Crippen LogP contribution < -0.4 is 5.32 Å². The Bertz CT molecular complexity index is 777. The fraction of sp³-hybridized carbons (Fsp3) is 0.391. The lowest BCUT2D eigenvalue weighted by molar-refractivity contribution is -0.138. The summed E-state index contributed by atoms with van der Waals surface area (Å²) in [6.07, 6.45) is 0. The molecule has 0 fully saturated rings. The van der Waals surface area contributed by atoms with E-state index in [4.69, 9.17) is 0 Å². The van der Waals surface area contributed by atoms with Gasteiger partial charge in [-0.3, -0.25) is 9.59 Å². The van der Waals surface area contributed by atoms with E-state index in [0.717, 1.165) is 16.9 Å². The van der Waals surface area contributed by atoms with Gasteiger partial charge in [0.1, 0.15) is 6.04 Å². The smallest absolute Gasteiger partial charge is 0.242 e. The number of nitrogens with one attached hydrogen (secondary N) is 1. The summed E-state index contributed by atoms with van der Waals surface area (Å²) in [6, 6.07) is 17.7. The zero-order chi connectivity index (χ0) is 20.5. The van der Waals surface area contributed by atoms with Gasteiger partial charge in [-0.15, -0.1) is 11.8 Å². The lowest BCUT2D eigenvalue weighted by atomic mass is 10.1. The van der Waals surface area contributed by atoms with E-state index in [2.05, 4.69) is 23.5 Å². The Balaban J connectivity index is 2.07. The molecule has 0 aromatic heterocycles. The number of rotatable bonds is 9. The van der Waals surface area contributed by atoms with Crippen LogP contribution in [0, 0.1) is 6.92 Å². The van der Waals surface area contributed by atoms with Crippen LogP contribution in [-0.2, 0) is 21.9 Å². The van der Waals surface area contributed by atoms with E-state index in [9.17, 15) is 9.59 Å². The van der Waals surface area contributed by atoms with Gasteiger partial charge in [-0.2, -0.15) is 0 Å². The minimum absolute atomic E-state index is 0.0196. The van der Waals surface area contributed by atoms with E-state index >= 15 is 0 Å². The third-order valence-electron chi connectivity index (χ3n) is 4.37. The highest BCUT2D eigenvalue weighted by atomic mass is 32.2. The summed E-state index contributed by atoms with van der Waals surface area (Å²) in [7, 11) is 0. The summed E-state index contributed by atoms with van der Waals surface area (Å²) in [5.41, 5.74) is 3.37. The first kappa shape index (κ1) is 22.0. The molecule has 1 atom stereocenters. The SMILES string of the molecule is Cc1cccc(CN(C(=O)CSCc2ccccc2)[C@@H](C)C(=O)NC(C)C)c1. The largest absolute Gasteiger partial charge is 0.352 e. The second kappa shape index (κ2) is 10.9. The van der Waals surface area contributed by atoms with Gasteiger partial charge in [0.15, 0.2) is 0 Å². The van der Waals surface area contributed by atoms with Crippen LogP contribution in [0.1, 0.15) is 37.5 Å². The van der Waals surface area contributed by atoms with Crippen molar-refractivity contribution in [2.24, 2.45) is 0 Å². The predicted octanol–water partition coefficient (Wildman–Crippen LogP) is 4.17. The Morgan fingerprint density at radius 3 is 2.32 bits per heavy atom. The highest BCUT2D eigenvalue weighted by Gasteiger charge is 2.26. The second-order valence-corrected chi connectivity index (χ2v) is 8.31. The lowest BCUT2D eigenvalue weighted by Gasteiger charge is -2.29. The predicted molar refractivity (Wildman–Crippen MR) is 117 cm³/mol. The van der Waals surface area contributed by atoms with Crippen molar-refractivity contribution in [3.05, 3.63) is 71.3 Å². The topological polar surface area (TPSA) is 49.4 Å². The van der Waals surface area contributed by atoms with Crippen molar-refractivity contribution >= 4 is 23.6 Å². The number of hydrogen-bond donors (Lipinski definition) is 1. The molecule has 4 nitrogen and oxygen atoms in total. The molecule has 2 amide bonds. The third-order valence-corrected chi connectivity index (χ3v) is 5.36. The van der Waals surface area contributed by atoms with Crippen molar-refractivity contribution in [2.45, 2.75) is 52.1 Å². The summed E-state index contributed by atoms with van der Waals surface area (Å²) in [5, 5.41) is 2.92. The van der Waals surface area contributed by atoms with Crippen LogP contribution >= 0.6 is 11.8 Å². The van der Waals surface area contributed by atoms with E-state index < -0.39 is 6.04 Å². The average Bonchev–Trinajstić information content (AvgIpc) is 2.66. The first-order chi connectivity index (χ1) is 13.4. The summed E-state index contributed by atoms with van der Waals surface area (Å²) >= 11 is 1.58. The maximum absolute atomic E-state index is 13.0. The Morgan fingerprint density at radius 2 is 1.68 bits per heavy atom. The number of hydrogen-bond acceptors (Lipinski definition) is 3. The van der Waals surface area contributed by atoms with Crippen LogP contribution in [0.3, 0.4) is 0 Å². The molecule has 0 radical (unpaired) electrons. The number of aryl methyl sites for hydroxylation is 1. The molecule has 0 aliphatic heterocycles. The first-order valence-corrected chi connectivity index (χ1v) is 10.8. The van der Waals surface area contributed by atoms with Gasteiger partial charge in [-0.05, 0) is 38.8 Å². The highest BCUT2D eigenvalue weighted by Crippen LogP contribution is 2.16. The van der Waals surface area contributed by atoms with Gasteiger partial charge in [0.05, 0.1) is 5.75 Å². The second-order valence-electron chi connectivity index (χ2n) is 7.33. The van der Waals surface area contributed by atoms with E-state index in [1.54, 1.807) is 23.6 Å². The molecule has 0 heterocycles. The molecule has 150 valence electrons. The third kappa shape index (κ3) is 7.04. The number of thioether (sulfide) groups is 1. The minimum atomic E-state index is -0.521. The van der Waals surface area contributed by atoms with Gasteiger partial charge >= 0.3 is 0 Å². The van der Waals surface area contributed by atoms with Gasteiger partial charge in [-0.25, -0.2) is 0 Å². The van der Waals surface area contributed by atoms with Gasteiger partial charge in [0, 0.05) is 18.3 Å². The van der Waals surface area contributed by atoms with Gasteiger partial charge in [0.25, 0.3) is 0 Å². The normalized spacial score (nSPS) is 11.9. The molecular weight excluding hydrogens is 368 g/mol. The van der Waals surface area contributed by atoms with E-state index in [1.165, 1.54) is 5.56 Å². The van der Waals surface area contributed by atoms with Crippen molar-refractivity contribution in [1.82, 2.24) is 10.2 Å². The zero-order valence-electron chi connectivity index (χ0n) is 17.1. The summed E-state index contributed by atoms with van der Waals surface area (Å²) in [5.74, 6) is 0.982. The fourth-order valence-electron chi connectivity index (χ4n) is 2.91. The van der Waals surface area contributed by atoms with Gasteiger partial charge in [0.2, 0.25) is 11.8 Å². The zero-order valence-corrected chi connectivity index (χ0v) is 18.0. The number of carbonyl (C=O) groups excluding carboxylic acids is 2. The quantitative estimate of drug-likeness (QED) is 0.690. The summed E-state index contributed by atoms with van der Waals surface area (Å²) in [4.78, 5) is 27.2.